The number of hydrogen-bond acceptors (Lipinski definition) is 4. The number of hydrogen-bond donors (Lipinski definition) is 2. The van der Waals surface area contributed by atoms with Crippen LogP contribution in [0.2, 0.25) is 0 Å². The Morgan fingerprint density at radius 1 is 1.04 bits per heavy atom. The summed E-state index contributed by atoms with van der Waals surface area (Å²) in [5, 5.41) is 2.89. The van der Waals surface area contributed by atoms with Crippen molar-refractivity contribution in [3.63, 3.8) is 0 Å². The lowest BCUT2D eigenvalue weighted by Crippen LogP contribution is -2.35. The second kappa shape index (κ2) is 6.68. The molecule has 2 N–H and O–H groups in total. The van der Waals surface area contributed by atoms with E-state index in [1.54, 1.807) is 25.1 Å². The summed E-state index contributed by atoms with van der Waals surface area (Å²) in [5.74, 6) is -0.0713. The molecule has 1 aliphatic heterocycles. The van der Waals surface area contributed by atoms with Crippen LogP contribution in [-0.2, 0) is 14.8 Å². The van der Waals surface area contributed by atoms with Crippen molar-refractivity contribution in [3.8, 4) is 0 Å². The molecule has 1 heterocycles. The first-order chi connectivity index (χ1) is 11.9. The number of amides is 1. The van der Waals surface area contributed by atoms with E-state index < -0.39 is 16.1 Å². The third kappa shape index (κ3) is 3.56. The SMILES string of the molecule is CC(NC(=O)[C@H](C)N=C1NS(=O)(=O)c2ccccc21)c1ccccc1. The summed E-state index contributed by atoms with van der Waals surface area (Å²) < 4.78 is 26.6. The zero-order valence-electron chi connectivity index (χ0n) is 13.9. The van der Waals surface area contributed by atoms with E-state index in [1.165, 1.54) is 6.07 Å². The Morgan fingerprint density at radius 2 is 1.68 bits per heavy atom. The number of carbonyl (C=O) groups excluding carboxylic acids is 1. The van der Waals surface area contributed by atoms with Crippen LogP contribution in [0.15, 0.2) is 64.5 Å². The highest BCUT2D eigenvalue weighted by atomic mass is 32.2. The molecular weight excluding hydrogens is 338 g/mol. The van der Waals surface area contributed by atoms with Gasteiger partial charge in [-0.3, -0.25) is 14.5 Å². The molecule has 0 saturated carbocycles. The van der Waals surface area contributed by atoms with Crippen LogP contribution in [0.25, 0.3) is 0 Å². The smallest absolute Gasteiger partial charge is 0.263 e. The fourth-order valence-electron chi connectivity index (χ4n) is 2.64. The summed E-state index contributed by atoms with van der Waals surface area (Å²) >= 11 is 0. The first-order valence-electron chi connectivity index (χ1n) is 7.94. The van der Waals surface area contributed by atoms with Crippen LogP contribution in [0, 0.1) is 0 Å². The Balaban J connectivity index is 1.77. The molecule has 2 aromatic rings. The van der Waals surface area contributed by atoms with Gasteiger partial charge in [-0.15, -0.1) is 0 Å². The second-order valence-corrected chi connectivity index (χ2v) is 7.55. The summed E-state index contributed by atoms with van der Waals surface area (Å²) in [7, 11) is -3.60. The summed E-state index contributed by atoms with van der Waals surface area (Å²) in [4.78, 5) is 16.8. The van der Waals surface area contributed by atoms with E-state index in [1.807, 2.05) is 37.3 Å². The van der Waals surface area contributed by atoms with Crippen LogP contribution in [-0.4, -0.2) is 26.2 Å². The lowest BCUT2D eigenvalue weighted by atomic mass is 10.1. The molecule has 130 valence electrons. The van der Waals surface area contributed by atoms with Gasteiger partial charge in [-0.1, -0.05) is 42.5 Å². The third-order valence-electron chi connectivity index (χ3n) is 4.02. The summed E-state index contributed by atoms with van der Waals surface area (Å²) in [5.41, 5.74) is 1.47. The van der Waals surface area contributed by atoms with Gasteiger partial charge < -0.3 is 5.32 Å². The van der Waals surface area contributed by atoms with Crippen LogP contribution in [0.5, 0.6) is 0 Å². The Bertz CT molecular complexity index is 924. The zero-order valence-corrected chi connectivity index (χ0v) is 14.7. The molecule has 1 aliphatic rings. The molecule has 1 unspecified atom stereocenters. The number of amidine groups is 1. The number of sulfonamides is 1. The van der Waals surface area contributed by atoms with Gasteiger partial charge in [-0.2, -0.15) is 0 Å². The molecule has 0 spiro atoms. The van der Waals surface area contributed by atoms with E-state index in [0.717, 1.165) is 5.56 Å². The first-order valence-corrected chi connectivity index (χ1v) is 9.42. The zero-order chi connectivity index (χ0) is 18.0. The number of nitrogens with one attached hydrogen (secondary N) is 2. The van der Waals surface area contributed by atoms with E-state index in [9.17, 15) is 13.2 Å². The van der Waals surface area contributed by atoms with Crippen LogP contribution in [0.3, 0.4) is 0 Å². The van der Waals surface area contributed by atoms with E-state index in [4.69, 9.17) is 0 Å². The van der Waals surface area contributed by atoms with Crippen LogP contribution < -0.4 is 10.0 Å². The van der Waals surface area contributed by atoms with Gasteiger partial charge in [0.1, 0.15) is 11.9 Å². The van der Waals surface area contributed by atoms with Gasteiger partial charge in [0, 0.05) is 5.56 Å². The highest BCUT2D eigenvalue weighted by molar-refractivity contribution is 7.90. The minimum atomic E-state index is -3.60. The van der Waals surface area contributed by atoms with Crippen molar-refractivity contribution in [1.82, 2.24) is 10.0 Å². The molecule has 25 heavy (non-hydrogen) atoms. The average molecular weight is 357 g/mol. The molecular formula is C18H19N3O3S. The topological polar surface area (TPSA) is 87.6 Å². The van der Waals surface area contributed by atoms with E-state index in [-0.39, 0.29) is 22.7 Å². The van der Waals surface area contributed by atoms with Gasteiger partial charge in [0.25, 0.3) is 10.0 Å². The number of benzene rings is 2. The molecule has 1 amide bonds. The number of nitrogens with zero attached hydrogens (tertiary/aromatic N) is 1. The predicted molar refractivity (Wildman–Crippen MR) is 95.8 cm³/mol. The second-order valence-electron chi connectivity index (χ2n) is 5.90. The quantitative estimate of drug-likeness (QED) is 0.877. The molecule has 0 bridgehead atoms. The van der Waals surface area contributed by atoms with Gasteiger partial charge in [-0.05, 0) is 31.5 Å². The first kappa shape index (κ1) is 17.2. The van der Waals surface area contributed by atoms with Crippen LogP contribution in [0.4, 0.5) is 0 Å². The number of aliphatic imine (C=N–C) groups is 1. The molecule has 2 aromatic carbocycles. The maximum Gasteiger partial charge on any atom is 0.263 e. The van der Waals surface area contributed by atoms with Crippen molar-refractivity contribution < 1.29 is 13.2 Å². The Kier molecular flexibility index (Phi) is 4.59. The number of fused-ring (bicyclic) bond motifs is 1. The van der Waals surface area contributed by atoms with Crippen molar-refractivity contribution in [2.75, 3.05) is 0 Å². The lowest BCUT2D eigenvalue weighted by molar-refractivity contribution is -0.122. The molecule has 2 atom stereocenters. The number of rotatable bonds is 4. The number of carbonyl (C=O) groups is 1. The predicted octanol–water partition coefficient (Wildman–Crippen LogP) is 1.99. The minimum Gasteiger partial charge on any atom is -0.348 e. The molecule has 7 heteroatoms. The highest BCUT2D eigenvalue weighted by Crippen LogP contribution is 2.22. The molecule has 3 rings (SSSR count). The highest BCUT2D eigenvalue weighted by Gasteiger charge is 2.31. The molecule has 0 fully saturated rings. The Morgan fingerprint density at radius 3 is 2.40 bits per heavy atom. The summed E-state index contributed by atoms with van der Waals surface area (Å²) in [6, 6.07) is 15.3. The van der Waals surface area contributed by atoms with E-state index >= 15 is 0 Å². The monoisotopic (exact) mass is 357 g/mol. The molecule has 0 radical (unpaired) electrons. The lowest BCUT2D eigenvalue weighted by Gasteiger charge is -2.16. The van der Waals surface area contributed by atoms with Crippen LogP contribution >= 0.6 is 0 Å². The Hall–Kier alpha value is -2.67. The van der Waals surface area contributed by atoms with Crippen molar-refractivity contribution in [2.24, 2.45) is 4.99 Å². The van der Waals surface area contributed by atoms with Crippen LogP contribution in [0.1, 0.15) is 31.0 Å². The standard InChI is InChI=1S/C18H19N3O3S/c1-12(14-8-4-3-5-9-14)20-18(22)13(2)19-17-15-10-6-7-11-16(15)25(23,24)21-17/h3-13H,1-2H3,(H,19,21)(H,20,22)/t12?,13-/m0/s1. The van der Waals surface area contributed by atoms with Gasteiger partial charge >= 0.3 is 0 Å². The van der Waals surface area contributed by atoms with Crippen molar-refractivity contribution >= 4 is 21.8 Å². The van der Waals surface area contributed by atoms with E-state index in [0.29, 0.717) is 5.56 Å². The maximum absolute atomic E-state index is 12.4. The van der Waals surface area contributed by atoms with Gasteiger partial charge in [0.15, 0.2) is 0 Å². The Labute approximate surface area is 147 Å². The molecule has 0 saturated heterocycles. The van der Waals surface area contributed by atoms with Gasteiger partial charge in [0.2, 0.25) is 5.91 Å². The normalized spacial score (nSPS) is 18.9. The molecule has 0 aliphatic carbocycles. The largest absolute Gasteiger partial charge is 0.348 e. The fourth-order valence-corrected chi connectivity index (χ4v) is 3.88. The third-order valence-corrected chi connectivity index (χ3v) is 5.42. The van der Waals surface area contributed by atoms with Gasteiger partial charge in [-0.25, -0.2) is 8.42 Å². The van der Waals surface area contributed by atoms with Crippen molar-refractivity contribution in [2.45, 2.75) is 30.8 Å². The average Bonchev–Trinajstić information content (AvgIpc) is 2.86. The maximum atomic E-state index is 12.4. The van der Waals surface area contributed by atoms with Crippen molar-refractivity contribution in [3.05, 3.63) is 65.7 Å². The summed E-state index contributed by atoms with van der Waals surface area (Å²) in [6.45, 7) is 3.52. The van der Waals surface area contributed by atoms with Gasteiger partial charge in [0.05, 0.1) is 10.9 Å². The summed E-state index contributed by atoms with van der Waals surface area (Å²) in [6.07, 6.45) is 0. The molecule has 0 aromatic heterocycles. The van der Waals surface area contributed by atoms with Crippen molar-refractivity contribution in [1.29, 1.82) is 0 Å². The van der Waals surface area contributed by atoms with E-state index in [2.05, 4.69) is 15.0 Å². The minimum absolute atomic E-state index is 0.163. The fraction of sp³-hybridized carbons (Fsp3) is 0.222. The molecule has 6 nitrogen and oxygen atoms in total.